The van der Waals surface area contributed by atoms with Crippen molar-refractivity contribution in [1.29, 1.82) is 0 Å². The van der Waals surface area contributed by atoms with Crippen LogP contribution in [0.5, 0.6) is 5.75 Å². The smallest absolute Gasteiger partial charge is 0.200 e. The molecule has 3 aromatic rings. The summed E-state index contributed by atoms with van der Waals surface area (Å²) in [5.41, 5.74) is 1.86. The first-order valence-corrected chi connectivity index (χ1v) is 10.6. The number of benzene rings is 3. The number of halogens is 4. The van der Waals surface area contributed by atoms with E-state index in [1.54, 1.807) is 24.3 Å². The lowest BCUT2D eigenvalue weighted by Crippen LogP contribution is -1.95. The fourth-order valence-corrected chi connectivity index (χ4v) is 3.26. The Kier molecular flexibility index (Phi) is 9.64. The predicted octanol–water partition coefficient (Wildman–Crippen LogP) is 8.61. The van der Waals surface area contributed by atoms with Gasteiger partial charge in [0.15, 0.2) is 23.3 Å². The van der Waals surface area contributed by atoms with E-state index in [9.17, 15) is 22.7 Å². The zero-order valence-corrected chi connectivity index (χ0v) is 19.4. The molecule has 0 radical (unpaired) electrons. The number of hydrogen-bond acceptors (Lipinski definition) is 2. The molecule has 0 saturated carbocycles. The largest absolute Gasteiger partial charge is 0.508 e. The van der Waals surface area contributed by atoms with Crippen molar-refractivity contribution in [3.8, 4) is 28.0 Å². The van der Waals surface area contributed by atoms with Gasteiger partial charge in [-0.3, -0.25) is 0 Å². The lowest BCUT2D eigenvalue weighted by molar-refractivity contribution is 0.280. The third kappa shape index (κ3) is 6.51. The minimum atomic E-state index is -1.19. The van der Waals surface area contributed by atoms with Crippen molar-refractivity contribution in [2.45, 2.75) is 12.8 Å². The summed E-state index contributed by atoms with van der Waals surface area (Å²) in [4.78, 5) is 0. The first-order chi connectivity index (χ1) is 16.7. The number of ether oxygens (including phenoxy) is 1. The highest BCUT2D eigenvalue weighted by Crippen LogP contribution is 2.32. The molecule has 0 spiro atoms. The van der Waals surface area contributed by atoms with Crippen LogP contribution in [-0.4, -0.2) is 12.2 Å². The van der Waals surface area contributed by atoms with E-state index >= 15 is 0 Å². The van der Waals surface area contributed by atoms with Crippen molar-refractivity contribution in [3.63, 3.8) is 0 Å². The number of methoxy groups -OCH3 is 1. The van der Waals surface area contributed by atoms with Crippen LogP contribution < -0.4 is 0 Å². The highest BCUT2D eigenvalue weighted by Gasteiger charge is 2.17. The average molecular weight is 483 g/mol. The number of aryl methyl sites for hydroxylation is 1. The van der Waals surface area contributed by atoms with Gasteiger partial charge in [0.1, 0.15) is 11.5 Å². The van der Waals surface area contributed by atoms with Gasteiger partial charge in [-0.2, -0.15) is 4.39 Å². The average Bonchev–Trinajstić information content (AvgIpc) is 2.89. The highest BCUT2D eigenvalue weighted by atomic mass is 19.2. The van der Waals surface area contributed by atoms with E-state index in [0.29, 0.717) is 17.5 Å². The molecule has 0 unspecified atom stereocenters. The zero-order chi connectivity index (χ0) is 26.1. The number of hydrogen-bond donors (Lipinski definition) is 1. The molecule has 2 nitrogen and oxygen atoms in total. The summed E-state index contributed by atoms with van der Waals surface area (Å²) in [6, 6.07) is 15.5. The fraction of sp³-hybridized carbons (Fsp3) is 0.103. The molecule has 35 heavy (non-hydrogen) atoms. The standard InChI is InChI=1S/C27H22F4O2.C2H4/c1-16(24(28)25(29)17(2)33-3)4-5-18-6-8-19(9-7-18)22-14-15-23(27(31)26(22)30)20-10-12-21(32)13-11-20;1-2/h6-15,32H,1-2,4-5H2,3H3;1-2H2/b25-24-;. The fourth-order valence-electron chi connectivity index (χ4n) is 3.26. The maximum Gasteiger partial charge on any atom is 0.200 e. The zero-order valence-electron chi connectivity index (χ0n) is 19.4. The summed E-state index contributed by atoms with van der Waals surface area (Å²) in [6.07, 6.45) is 0.524. The molecule has 0 aliphatic rings. The van der Waals surface area contributed by atoms with Crippen molar-refractivity contribution in [2.75, 3.05) is 7.11 Å². The SMILES string of the molecule is C=C.C=C(CCc1ccc(-c2ccc(-c3ccc(O)cc3)c(F)c2F)cc1)/C(F)=C(/F)C(=C)OC. The van der Waals surface area contributed by atoms with E-state index in [1.807, 2.05) is 0 Å². The van der Waals surface area contributed by atoms with E-state index in [1.165, 1.54) is 43.5 Å². The second-order valence-corrected chi connectivity index (χ2v) is 7.39. The Balaban J connectivity index is 0.00000210. The summed E-state index contributed by atoms with van der Waals surface area (Å²) >= 11 is 0. The third-order valence-electron chi connectivity index (χ3n) is 5.24. The molecular formula is C29H26F4O2. The van der Waals surface area contributed by atoms with Crippen LogP contribution >= 0.6 is 0 Å². The number of phenolic OH excluding ortho intramolecular Hbond substituents is 1. The summed E-state index contributed by atoms with van der Waals surface area (Å²) in [5.74, 6) is -4.65. The van der Waals surface area contributed by atoms with E-state index in [-0.39, 0.29) is 28.9 Å². The van der Waals surface area contributed by atoms with Gasteiger partial charge in [-0.05, 0) is 47.2 Å². The van der Waals surface area contributed by atoms with Gasteiger partial charge in [-0.1, -0.05) is 61.7 Å². The Morgan fingerprint density at radius 3 is 1.69 bits per heavy atom. The first kappa shape index (κ1) is 27.2. The quantitative estimate of drug-likeness (QED) is 0.151. The van der Waals surface area contributed by atoms with Crippen LogP contribution in [0.15, 0.2) is 110 Å². The summed E-state index contributed by atoms with van der Waals surface area (Å²) < 4.78 is 61.9. The van der Waals surface area contributed by atoms with Crippen LogP contribution in [0, 0.1) is 11.6 Å². The van der Waals surface area contributed by atoms with E-state index < -0.39 is 29.0 Å². The van der Waals surface area contributed by atoms with Crippen molar-refractivity contribution < 1.29 is 27.4 Å². The molecule has 0 bridgehead atoms. The molecular weight excluding hydrogens is 456 g/mol. The van der Waals surface area contributed by atoms with Crippen LogP contribution in [0.1, 0.15) is 12.0 Å². The van der Waals surface area contributed by atoms with Gasteiger partial charge in [0.05, 0.1) is 7.11 Å². The maximum absolute atomic E-state index is 14.8. The molecule has 0 aliphatic heterocycles. The van der Waals surface area contributed by atoms with Gasteiger partial charge in [-0.15, -0.1) is 13.2 Å². The van der Waals surface area contributed by atoms with Crippen molar-refractivity contribution in [1.82, 2.24) is 0 Å². The number of phenols is 1. The number of allylic oxidation sites excluding steroid dienone is 3. The highest BCUT2D eigenvalue weighted by molar-refractivity contribution is 5.72. The summed E-state index contributed by atoms with van der Waals surface area (Å²) in [6.45, 7) is 12.8. The van der Waals surface area contributed by atoms with Crippen LogP contribution in [0.2, 0.25) is 0 Å². The lowest BCUT2D eigenvalue weighted by atomic mass is 9.97. The van der Waals surface area contributed by atoms with Crippen LogP contribution in [-0.2, 0) is 11.2 Å². The van der Waals surface area contributed by atoms with Gasteiger partial charge >= 0.3 is 0 Å². The molecule has 6 heteroatoms. The predicted molar refractivity (Wildman–Crippen MR) is 133 cm³/mol. The molecule has 0 heterocycles. The summed E-state index contributed by atoms with van der Waals surface area (Å²) in [5, 5.41) is 9.38. The Hall–Kier alpha value is -4.06. The molecule has 0 aliphatic carbocycles. The monoisotopic (exact) mass is 482 g/mol. The van der Waals surface area contributed by atoms with Crippen LogP contribution in [0.3, 0.4) is 0 Å². The molecule has 182 valence electrons. The minimum absolute atomic E-state index is 0.0317. The molecule has 0 atom stereocenters. The first-order valence-electron chi connectivity index (χ1n) is 10.6. The molecule has 0 saturated heterocycles. The van der Waals surface area contributed by atoms with Gasteiger partial charge in [-0.25, -0.2) is 13.2 Å². The molecule has 3 aromatic carbocycles. The normalized spacial score (nSPS) is 11.1. The Morgan fingerprint density at radius 2 is 1.23 bits per heavy atom. The molecule has 0 fully saturated rings. The van der Waals surface area contributed by atoms with Crippen LogP contribution in [0.25, 0.3) is 22.3 Å². The second-order valence-electron chi connectivity index (χ2n) is 7.39. The van der Waals surface area contributed by atoms with Gasteiger partial charge in [0.25, 0.3) is 0 Å². The third-order valence-corrected chi connectivity index (χ3v) is 5.24. The topological polar surface area (TPSA) is 29.5 Å². The lowest BCUT2D eigenvalue weighted by Gasteiger charge is -2.10. The van der Waals surface area contributed by atoms with E-state index in [0.717, 1.165) is 5.56 Å². The molecule has 3 rings (SSSR count). The molecule has 1 N–H and O–H groups in total. The number of rotatable bonds is 8. The van der Waals surface area contributed by atoms with Crippen LogP contribution in [0.4, 0.5) is 17.6 Å². The number of aromatic hydroxyl groups is 1. The van der Waals surface area contributed by atoms with Gasteiger partial charge in [0, 0.05) is 11.1 Å². The van der Waals surface area contributed by atoms with Crippen molar-refractivity contribution in [3.05, 3.63) is 127 Å². The van der Waals surface area contributed by atoms with Gasteiger partial charge in [0.2, 0.25) is 0 Å². The van der Waals surface area contributed by atoms with E-state index in [4.69, 9.17) is 0 Å². The minimum Gasteiger partial charge on any atom is -0.508 e. The Bertz CT molecular complexity index is 1230. The van der Waals surface area contributed by atoms with E-state index in [2.05, 4.69) is 31.1 Å². The molecule has 0 amide bonds. The van der Waals surface area contributed by atoms with Gasteiger partial charge < -0.3 is 9.84 Å². The summed E-state index contributed by atoms with van der Waals surface area (Å²) in [7, 11) is 1.19. The van der Waals surface area contributed by atoms with Crippen molar-refractivity contribution >= 4 is 0 Å². The Labute approximate surface area is 202 Å². The molecule has 0 aromatic heterocycles. The second kappa shape index (κ2) is 12.4. The Morgan fingerprint density at radius 1 is 0.771 bits per heavy atom. The van der Waals surface area contributed by atoms with Crippen molar-refractivity contribution in [2.24, 2.45) is 0 Å². The maximum atomic E-state index is 14.8.